The second-order valence-electron chi connectivity index (χ2n) is 16.5. The number of carbonyl (C=O) groups is 6. The fourth-order valence-electron chi connectivity index (χ4n) is 5.93. The molecule has 0 radical (unpaired) electrons. The third-order valence-corrected chi connectivity index (χ3v) is 9.34. The van der Waals surface area contributed by atoms with Gasteiger partial charge in [0, 0.05) is 43.2 Å². The van der Waals surface area contributed by atoms with Gasteiger partial charge in [0.15, 0.2) is 5.78 Å². The molecule has 0 saturated carbocycles. The molecule has 0 unspecified atom stereocenters. The monoisotopic (exact) mass is 835 g/mol. The van der Waals surface area contributed by atoms with E-state index in [9.17, 15) is 28.8 Å². The highest BCUT2D eigenvalue weighted by atomic mass is 79.9. The van der Waals surface area contributed by atoms with Crippen molar-refractivity contribution in [2.24, 2.45) is 0 Å². The van der Waals surface area contributed by atoms with E-state index < -0.39 is 41.3 Å². The van der Waals surface area contributed by atoms with E-state index in [1.807, 2.05) is 29.2 Å². The molecule has 3 amide bonds. The van der Waals surface area contributed by atoms with E-state index in [1.54, 1.807) is 41.5 Å². The topological polar surface area (TPSA) is 148 Å². The van der Waals surface area contributed by atoms with Crippen LogP contribution in [0.25, 0.3) is 0 Å². The number of carbonyl (C=O) groups excluding carboxylic acids is 6. The molecule has 0 aromatic heterocycles. The first-order chi connectivity index (χ1) is 25.8. The predicted octanol–water partition coefficient (Wildman–Crippen LogP) is 9.31. The highest BCUT2D eigenvalue weighted by molar-refractivity contribution is 9.10. The minimum atomic E-state index is -1.13. The number of hydrogen-bond donors (Lipinski definition) is 2. The second-order valence-corrected chi connectivity index (χ2v) is 17.5. The second kappa shape index (κ2) is 26.6. The Morgan fingerprint density at radius 3 is 1.76 bits per heavy atom. The molecule has 0 aliphatic rings. The van der Waals surface area contributed by atoms with Crippen molar-refractivity contribution in [3.8, 4) is 0 Å². The number of ether oxygens (including phenoxy) is 2. The van der Waals surface area contributed by atoms with Crippen LogP contribution >= 0.6 is 15.9 Å². The lowest BCUT2D eigenvalue weighted by Crippen LogP contribution is -2.52. The Hall–Kier alpha value is -3.28. The fraction of sp³-hybridized carbons (Fsp3) is 0.721. The van der Waals surface area contributed by atoms with Crippen molar-refractivity contribution < 1.29 is 38.2 Å². The lowest BCUT2D eigenvalue weighted by atomic mass is 10.0. The summed E-state index contributed by atoms with van der Waals surface area (Å²) in [7, 11) is 0. The average molecular weight is 837 g/mol. The number of ketones is 2. The molecule has 2 atom stereocenters. The summed E-state index contributed by atoms with van der Waals surface area (Å²) in [6.07, 6.45) is 12.3. The van der Waals surface area contributed by atoms with Gasteiger partial charge in [-0.3, -0.25) is 19.2 Å². The zero-order chi connectivity index (χ0) is 41.4. The lowest BCUT2D eigenvalue weighted by Gasteiger charge is -2.26. The number of nitrogens with one attached hydrogen (secondary N) is 2. The standard InChI is InChI=1S/C43H70BrN3O8/c1-9-10-11-12-15-20-35(49)21-16-13-14-17-23-38(50)47(31-33-24-26-34(44)27-25-33)30-19-18-22-36(32(2)48)45-41(53)46-37(40(52)55-43(6,7)8)28-29-39(51)54-42(3,4)5/h24-27,36-37H,9-23,28-31H2,1-8H3,(H2,45,46,53)/t36-,37-/m0/s1. The maximum atomic E-state index is 13.4. The molecule has 0 aliphatic heterocycles. The highest BCUT2D eigenvalue weighted by Crippen LogP contribution is 2.17. The van der Waals surface area contributed by atoms with Crippen LogP contribution in [0.5, 0.6) is 0 Å². The maximum absolute atomic E-state index is 13.4. The van der Waals surface area contributed by atoms with Crippen molar-refractivity contribution in [1.29, 1.82) is 0 Å². The summed E-state index contributed by atoms with van der Waals surface area (Å²) in [4.78, 5) is 78.4. The molecule has 55 heavy (non-hydrogen) atoms. The van der Waals surface area contributed by atoms with Gasteiger partial charge in [0.05, 0.1) is 6.04 Å². The SMILES string of the molecule is CCCCCCCC(=O)CCCCCCC(=O)N(CCCC[C@H](NC(=O)N[C@@H](CCC(=O)OC(C)(C)C)C(=O)OC(C)(C)C)C(C)=O)Cc1ccc(Br)cc1. The van der Waals surface area contributed by atoms with Crippen molar-refractivity contribution in [2.75, 3.05) is 6.54 Å². The molecule has 0 spiro atoms. The van der Waals surface area contributed by atoms with Crippen molar-refractivity contribution >= 4 is 51.4 Å². The van der Waals surface area contributed by atoms with Crippen molar-refractivity contribution in [3.05, 3.63) is 34.3 Å². The summed E-state index contributed by atoms with van der Waals surface area (Å²) in [5.74, 6) is -1.04. The van der Waals surface area contributed by atoms with Crippen LogP contribution in [0.2, 0.25) is 0 Å². The normalized spacial score (nSPS) is 12.7. The maximum Gasteiger partial charge on any atom is 0.329 e. The highest BCUT2D eigenvalue weighted by Gasteiger charge is 2.29. The molecule has 11 nitrogen and oxygen atoms in total. The molecule has 0 fully saturated rings. The summed E-state index contributed by atoms with van der Waals surface area (Å²) in [6, 6.07) is 5.19. The van der Waals surface area contributed by atoms with E-state index >= 15 is 0 Å². The number of rotatable bonds is 27. The Balaban J connectivity index is 2.72. The molecular formula is C43H70BrN3O8. The Morgan fingerprint density at radius 2 is 1.22 bits per heavy atom. The minimum absolute atomic E-state index is 0.0385. The summed E-state index contributed by atoms with van der Waals surface area (Å²) >= 11 is 3.47. The van der Waals surface area contributed by atoms with Crippen LogP contribution in [0.15, 0.2) is 28.7 Å². The van der Waals surface area contributed by atoms with Gasteiger partial charge in [-0.05, 0) is 111 Å². The molecule has 12 heteroatoms. The number of urea groups is 1. The molecule has 1 rings (SSSR count). The smallest absolute Gasteiger partial charge is 0.329 e. The molecule has 1 aromatic carbocycles. The third kappa shape index (κ3) is 25.5. The number of halogens is 1. The number of unbranched alkanes of at least 4 members (excludes halogenated alkanes) is 8. The summed E-state index contributed by atoms with van der Waals surface area (Å²) in [6.45, 7) is 14.9. The molecule has 0 bridgehead atoms. The first kappa shape index (κ1) is 49.7. The number of amides is 3. The van der Waals surface area contributed by atoms with Gasteiger partial charge in [0.1, 0.15) is 23.0 Å². The van der Waals surface area contributed by atoms with Crippen LogP contribution < -0.4 is 10.6 Å². The van der Waals surface area contributed by atoms with Crippen LogP contribution in [0, 0.1) is 0 Å². The minimum Gasteiger partial charge on any atom is -0.460 e. The first-order valence-corrected chi connectivity index (χ1v) is 21.1. The van der Waals surface area contributed by atoms with Crippen molar-refractivity contribution in [2.45, 2.75) is 194 Å². The van der Waals surface area contributed by atoms with Gasteiger partial charge in [-0.1, -0.05) is 73.5 Å². The number of nitrogens with zero attached hydrogens (tertiary/aromatic N) is 1. The van der Waals surface area contributed by atoms with Crippen molar-refractivity contribution in [3.63, 3.8) is 0 Å². The van der Waals surface area contributed by atoms with Crippen LogP contribution in [-0.2, 0) is 40.0 Å². The molecule has 312 valence electrons. The predicted molar refractivity (Wildman–Crippen MR) is 220 cm³/mol. The van der Waals surface area contributed by atoms with E-state index in [2.05, 4.69) is 33.5 Å². The van der Waals surface area contributed by atoms with Crippen LogP contribution in [0.3, 0.4) is 0 Å². The molecule has 2 N–H and O–H groups in total. The van der Waals surface area contributed by atoms with Crippen molar-refractivity contribution in [1.82, 2.24) is 15.5 Å². The Kier molecular flexibility index (Phi) is 24.0. The zero-order valence-corrected chi connectivity index (χ0v) is 36.6. The van der Waals surface area contributed by atoms with Gasteiger partial charge < -0.3 is 25.0 Å². The quantitative estimate of drug-likeness (QED) is 0.0658. The Labute approximate surface area is 339 Å². The molecule has 0 aliphatic carbocycles. The van der Waals surface area contributed by atoms with E-state index in [0.29, 0.717) is 57.4 Å². The van der Waals surface area contributed by atoms with E-state index in [1.165, 1.54) is 26.2 Å². The van der Waals surface area contributed by atoms with Gasteiger partial charge >= 0.3 is 18.0 Å². The van der Waals surface area contributed by atoms with E-state index in [-0.39, 0.29) is 24.5 Å². The van der Waals surface area contributed by atoms with E-state index in [4.69, 9.17) is 9.47 Å². The Morgan fingerprint density at radius 1 is 0.673 bits per heavy atom. The average Bonchev–Trinajstić information content (AvgIpc) is 3.07. The Bertz CT molecular complexity index is 1340. The first-order valence-electron chi connectivity index (χ1n) is 20.4. The number of Topliss-reactive ketones (excluding diaryl/α,β-unsaturated/α-hetero) is 2. The van der Waals surface area contributed by atoms with E-state index in [0.717, 1.165) is 48.6 Å². The van der Waals surface area contributed by atoms with Gasteiger partial charge in [0.2, 0.25) is 5.91 Å². The molecule has 1 aromatic rings. The van der Waals surface area contributed by atoms with Gasteiger partial charge in [-0.2, -0.15) is 0 Å². The molecule has 0 saturated heterocycles. The molecular weight excluding hydrogens is 766 g/mol. The van der Waals surface area contributed by atoms with Crippen LogP contribution in [-0.4, -0.2) is 70.2 Å². The van der Waals surface area contributed by atoms with Crippen LogP contribution in [0.1, 0.15) is 170 Å². The largest absolute Gasteiger partial charge is 0.460 e. The number of benzene rings is 1. The fourth-order valence-corrected chi connectivity index (χ4v) is 6.19. The number of hydrogen-bond acceptors (Lipinski definition) is 8. The summed E-state index contributed by atoms with van der Waals surface area (Å²) in [5, 5.41) is 5.28. The lowest BCUT2D eigenvalue weighted by molar-refractivity contribution is -0.158. The van der Waals surface area contributed by atoms with Gasteiger partial charge in [-0.15, -0.1) is 0 Å². The van der Waals surface area contributed by atoms with Gasteiger partial charge in [0.25, 0.3) is 0 Å². The zero-order valence-electron chi connectivity index (χ0n) is 35.0. The van der Waals surface area contributed by atoms with Gasteiger partial charge in [-0.25, -0.2) is 9.59 Å². The number of esters is 2. The third-order valence-electron chi connectivity index (χ3n) is 8.82. The molecule has 0 heterocycles. The van der Waals surface area contributed by atoms with Crippen LogP contribution in [0.4, 0.5) is 4.79 Å². The summed E-state index contributed by atoms with van der Waals surface area (Å²) in [5.41, 5.74) is -0.504. The summed E-state index contributed by atoms with van der Waals surface area (Å²) < 4.78 is 11.8.